The predicted octanol–water partition coefficient (Wildman–Crippen LogP) is 2.27. The Morgan fingerprint density at radius 2 is 1.84 bits per heavy atom. The summed E-state index contributed by atoms with van der Waals surface area (Å²) in [5.41, 5.74) is 0.581. The molecule has 132 valence electrons. The summed E-state index contributed by atoms with van der Waals surface area (Å²) in [4.78, 5) is 24.6. The number of amides is 2. The van der Waals surface area contributed by atoms with Crippen LogP contribution in [-0.4, -0.2) is 30.5 Å². The summed E-state index contributed by atoms with van der Waals surface area (Å²) in [6.45, 7) is 0.206. The Labute approximate surface area is 148 Å². The van der Waals surface area contributed by atoms with Crippen LogP contribution in [-0.2, 0) is 4.79 Å². The van der Waals surface area contributed by atoms with Crippen molar-refractivity contribution in [1.29, 1.82) is 0 Å². The quantitative estimate of drug-likeness (QED) is 0.781. The maximum absolute atomic E-state index is 12.4. The van der Waals surface area contributed by atoms with Crippen molar-refractivity contribution in [1.82, 2.24) is 10.6 Å². The van der Waals surface area contributed by atoms with Gasteiger partial charge in [0.1, 0.15) is 12.4 Å². The highest BCUT2D eigenvalue weighted by atomic mass is 16.5. The normalized spacial score (nSPS) is 22.5. The lowest BCUT2D eigenvalue weighted by Gasteiger charge is -2.29. The summed E-state index contributed by atoms with van der Waals surface area (Å²) in [7, 11) is 0. The van der Waals surface area contributed by atoms with E-state index in [9.17, 15) is 9.59 Å². The number of hydrogen-bond acceptors (Lipinski definition) is 3. The van der Waals surface area contributed by atoms with Gasteiger partial charge in [0.2, 0.25) is 5.91 Å². The summed E-state index contributed by atoms with van der Waals surface area (Å²) < 4.78 is 5.30. The molecule has 2 fully saturated rings. The van der Waals surface area contributed by atoms with Crippen molar-refractivity contribution in [3.63, 3.8) is 0 Å². The largest absolute Gasteiger partial charge is 0.481 e. The second kappa shape index (κ2) is 8.06. The van der Waals surface area contributed by atoms with E-state index in [4.69, 9.17) is 11.2 Å². The van der Waals surface area contributed by atoms with Gasteiger partial charge in [0.15, 0.2) is 0 Å². The van der Waals surface area contributed by atoms with Gasteiger partial charge in [0.05, 0.1) is 0 Å². The number of carbonyl (C=O) groups is 2. The van der Waals surface area contributed by atoms with Gasteiger partial charge >= 0.3 is 0 Å². The van der Waals surface area contributed by atoms with Crippen molar-refractivity contribution >= 4 is 11.8 Å². The number of benzene rings is 1. The molecule has 0 bridgehead atoms. The summed E-state index contributed by atoms with van der Waals surface area (Å²) in [5, 5.41) is 6.13. The number of rotatable bonds is 6. The van der Waals surface area contributed by atoms with Crippen LogP contribution in [0.3, 0.4) is 0 Å². The van der Waals surface area contributed by atoms with E-state index in [0.717, 1.165) is 32.1 Å². The molecule has 0 aliphatic heterocycles. The molecule has 2 aliphatic rings. The summed E-state index contributed by atoms with van der Waals surface area (Å²) in [5.74, 6) is 3.09. The van der Waals surface area contributed by atoms with Crippen molar-refractivity contribution in [2.45, 2.75) is 50.6 Å². The van der Waals surface area contributed by atoms with E-state index >= 15 is 0 Å². The van der Waals surface area contributed by atoms with Gasteiger partial charge in [-0.15, -0.1) is 6.42 Å². The number of carbonyl (C=O) groups excluding carboxylic acids is 2. The Morgan fingerprint density at radius 3 is 2.52 bits per heavy atom. The third-order valence-corrected chi connectivity index (χ3v) is 4.74. The molecule has 0 radical (unpaired) electrons. The van der Waals surface area contributed by atoms with Gasteiger partial charge in [0, 0.05) is 23.6 Å². The Bertz CT molecular complexity index is 659. The fourth-order valence-corrected chi connectivity index (χ4v) is 3.20. The maximum Gasteiger partial charge on any atom is 0.251 e. The van der Waals surface area contributed by atoms with Crippen LogP contribution in [0.2, 0.25) is 0 Å². The predicted molar refractivity (Wildman–Crippen MR) is 95.1 cm³/mol. The molecule has 25 heavy (non-hydrogen) atoms. The molecule has 0 spiro atoms. The molecule has 0 heterocycles. The standard InChI is InChI=1S/C20H24N2O3/c1-2-12-25-18-10-6-14(7-11-18)19(23)22-17-5-3-4-15(13-17)20(24)21-16-8-9-16/h1,6-7,10-11,15-17H,3-5,8-9,12-13H2,(H,21,24)(H,22,23)/t15-,17+/m1/s1. The molecule has 2 N–H and O–H groups in total. The van der Waals surface area contributed by atoms with E-state index in [1.54, 1.807) is 24.3 Å². The third kappa shape index (κ3) is 4.99. The molecular weight excluding hydrogens is 316 g/mol. The highest BCUT2D eigenvalue weighted by Crippen LogP contribution is 2.27. The first-order valence-electron chi connectivity index (χ1n) is 8.93. The molecule has 0 unspecified atom stereocenters. The molecule has 2 atom stereocenters. The van der Waals surface area contributed by atoms with Crippen LogP contribution >= 0.6 is 0 Å². The molecule has 2 saturated carbocycles. The van der Waals surface area contributed by atoms with Crippen LogP contribution in [0.4, 0.5) is 0 Å². The minimum Gasteiger partial charge on any atom is -0.481 e. The first kappa shape index (κ1) is 17.3. The van der Waals surface area contributed by atoms with Crippen LogP contribution in [0.5, 0.6) is 5.75 Å². The zero-order valence-corrected chi connectivity index (χ0v) is 14.3. The van der Waals surface area contributed by atoms with Crippen molar-refractivity contribution < 1.29 is 14.3 Å². The third-order valence-electron chi connectivity index (χ3n) is 4.74. The van der Waals surface area contributed by atoms with E-state index in [1.165, 1.54) is 0 Å². The monoisotopic (exact) mass is 340 g/mol. The molecule has 5 nitrogen and oxygen atoms in total. The topological polar surface area (TPSA) is 67.4 Å². The number of nitrogens with one attached hydrogen (secondary N) is 2. The molecule has 1 aromatic rings. The summed E-state index contributed by atoms with van der Waals surface area (Å²) in [6.07, 6.45) is 10.9. The Kier molecular flexibility index (Phi) is 5.60. The number of hydrogen-bond donors (Lipinski definition) is 2. The van der Waals surface area contributed by atoms with Crippen molar-refractivity contribution in [3.8, 4) is 18.1 Å². The SMILES string of the molecule is C#CCOc1ccc(C(=O)N[C@H]2CCC[C@@H](C(=O)NC3CC3)C2)cc1. The van der Waals surface area contributed by atoms with E-state index < -0.39 is 0 Å². The second-order valence-electron chi connectivity index (χ2n) is 6.83. The second-order valence-corrected chi connectivity index (χ2v) is 6.83. The lowest BCUT2D eigenvalue weighted by Crippen LogP contribution is -2.42. The molecule has 1 aromatic carbocycles. The Balaban J connectivity index is 1.51. The molecule has 0 aromatic heterocycles. The molecule has 3 rings (SSSR count). The Hall–Kier alpha value is -2.48. The first-order valence-corrected chi connectivity index (χ1v) is 8.93. The minimum absolute atomic E-state index is 0.0131. The highest BCUT2D eigenvalue weighted by Gasteiger charge is 2.31. The number of terminal acetylenes is 1. The first-order chi connectivity index (χ1) is 12.2. The van der Waals surface area contributed by atoms with Crippen molar-refractivity contribution in [2.24, 2.45) is 5.92 Å². The van der Waals surface area contributed by atoms with Gasteiger partial charge < -0.3 is 15.4 Å². The van der Waals surface area contributed by atoms with Crippen molar-refractivity contribution in [2.75, 3.05) is 6.61 Å². The van der Waals surface area contributed by atoms with Crippen LogP contribution < -0.4 is 15.4 Å². The minimum atomic E-state index is -0.114. The summed E-state index contributed by atoms with van der Waals surface area (Å²) >= 11 is 0. The van der Waals surface area contributed by atoms with E-state index in [1.807, 2.05) is 0 Å². The van der Waals surface area contributed by atoms with Crippen molar-refractivity contribution in [3.05, 3.63) is 29.8 Å². The number of ether oxygens (including phenoxy) is 1. The highest BCUT2D eigenvalue weighted by molar-refractivity contribution is 5.94. The molecule has 0 saturated heterocycles. The summed E-state index contributed by atoms with van der Waals surface area (Å²) in [6, 6.07) is 7.35. The van der Waals surface area contributed by atoms with Gasteiger partial charge in [-0.25, -0.2) is 0 Å². The average molecular weight is 340 g/mol. The van der Waals surface area contributed by atoms with Gasteiger partial charge in [-0.2, -0.15) is 0 Å². The van der Waals surface area contributed by atoms with Crippen LogP contribution in [0.1, 0.15) is 48.9 Å². The molecule has 2 aliphatic carbocycles. The van der Waals surface area contributed by atoms with E-state index in [0.29, 0.717) is 23.8 Å². The maximum atomic E-state index is 12.4. The fourth-order valence-electron chi connectivity index (χ4n) is 3.20. The molecule has 5 heteroatoms. The van der Waals surface area contributed by atoms with Gasteiger partial charge in [0.25, 0.3) is 5.91 Å². The zero-order valence-electron chi connectivity index (χ0n) is 14.3. The van der Waals surface area contributed by atoms with E-state index in [2.05, 4.69) is 16.6 Å². The van der Waals surface area contributed by atoms with Gasteiger partial charge in [-0.3, -0.25) is 9.59 Å². The average Bonchev–Trinajstić information content (AvgIpc) is 3.44. The Morgan fingerprint density at radius 1 is 1.08 bits per heavy atom. The van der Waals surface area contributed by atoms with Gasteiger partial charge in [-0.05, 0) is 56.4 Å². The van der Waals surface area contributed by atoms with Crippen LogP contribution in [0.15, 0.2) is 24.3 Å². The fraction of sp³-hybridized carbons (Fsp3) is 0.500. The molecular formula is C20H24N2O3. The van der Waals surface area contributed by atoms with Gasteiger partial charge in [-0.1, -0.05) is 12.3 Å². The van der Waals surface area contributed by atoms with Crippen LogP contribution in [0, 0.1) is 18.3 Å². The van der Waals surface area contributed by atoms with E-state index in [-0.39, 0.29) is 30.4 Å². The lowest BCUT2D eigenvalue weighted by molar-refractivity contribution is -0.126. The molecule has 2 amide bonds. The lowest BCUT2D eigenvalue weighted by atomic mass is 9.85. The smallest absolute Gasteiger partial charge is 0.251 e. The van der Waals surface area contributed by atoms with Crippen LogP contribution in [0.25, 0.3) is 0 Å². The zero-order chi connectivity index (χ0) is 17.6.